The van der Waals surface area contributed by atoms with Crippen molar-refractivity contribution in [2.24, 2.45) is 0 Å². The Labute approximate surface area is 297 Å². The summed E-state index contributed by atoms with van der Waals surface area (Å²) in [5.74, 6) is 1.95. The first-order valence-electron chi connectivity index (χ1n) is 17.0. The van der Waals surface area contributed by atoms with Gasteiger partial charge in [0.25, 0.3) is 0 Å². The Hall–Kier alpha value is -6.50. The first-order chi connectivity index (χ1) is 25.3. The van der Waals surface area contributed by atoms with Crippen LogP contribution < -0.4 is 0 Å². The minimum atomic E-state index is 0.646. The molecule has 0 saturated heterocycles. The highest BCUT2D eigenvalue weighted by Gasteiger charge is 2.27. The van der Waals surface area contributed by atoms with Gasteiger partial charge in [-0.2, -0.15) is 0 Å². The maximum atomic E-state index is 5.01. The Morgan fingerprint density at radius 1 is 0.431 bits per heavy atom. The molecule has 51 heavy (non-hydrogen) atoms. The lowest BCUT2D eigenvalue weighted by Crippen LogP contribution is -2.05. The largest absolute Gasteiger partial charge is 0.295 e. The molecule has 1 aliphatic rings. The molecule has 0 radical (unpaired) electrons. The Kier molecular flexibility index (Phi) is 6.12. The van der Waals surface area contributed by atoms with Crippen molar-refractivity contribution in [2.75, 3.05) is 0 Å². The van der Waals surface area contributed by atoms with Gasteiger partial charge in [0, 0.05) is 48.3 Å². The first-order valence-corrected chi connectivity index (χ1v) is 17.9. The minimum absolute atomic E-state index is 0.646. The molecule has 0 atom stereocenters. The van der Waals surface area contributed by atoms with Crippen LogP contribution in [0.4, 0.5) is 0 Å². The van der Waals surface area contributed by atoms with Crippen molar-refractivity contribution in [3.63, 3.8) is 0 Å². The number of fused-ring (bicyclic) bond motifs is 8. The minimum Gasteiger partial charge on any atom is -0.295 e. The number of hydrogen-bond donors (Lipinski definition) is 0. The Morgan fingerprint density at radius 2 is 1.06 bits per heavy atom. The quantitative estimate of drug-likeness (QED) is 0.187. The predicted molar refractivity (Wildman–Crippen MR) is 209 cm³/mol. The molecule has 4 heterocycles. The lowest BCUT2D eigenvalue weighted by atomic mass is 10.1. The van der Waals surface area contributed by atoms with Crippen molar-refractivity contribution in [1.82, 2.24) is 24.1 Å². The van der Waals surface area contributed by atoms with Gasteiger partial charge in [0.2, 0.25) is 0 Å². The van der Waals surface area contributed by atoms with Crippen LogP contribution in [0.3, 0.4) is 0 Å². The molecule has 0 spiro atoms. The average molecular weight is 670 g/mol. The smallest absolute Gasteiger partial charge is 0.164 e. The third-order valence-electron chi connectivity index (χ3n) is 9.92. The van der Waals surface area contributed by atoms with Gasteiger partial charge in [-0.05, 0) is 53.2 Å². The fourth-order valence-electron chi connectivity index (χ4n) is 7.64. The number of benzene rings is 7. The summed E-state index contributed by atoms with van der Waals surface area (Å²) in [5, 5.41) is 6.08. The molecule has 0 saturated carbocycles. The van der Waals surface area contributed by atoms with Crippen molar-refractivity contribution in [3.05, 3.63) is 164 Å². The third kappa shape index (κ3) is 4.33. The highest BCUT2D eigenvalue weighted by atomic mass is 32.2. The second-order valence-corrected chi connectivity index (χ2v) is 14.0. The van der Waals surface area contributed by atoms with Gasteiger partial charge in [-0.1, -0.05) is 133 Å². The van der Waals surface area contributed by atoms with E-state index >= 15 is 0 Å². The van der Waals surface area contributed by atoms with Gasteiger partial charge in [-0.25, -0.2) is 15.0 Å². The average Bonchev–Trinajstić information content (AvgIpc) is 3.72. The van der Waals surface area contributed by atoms with Crippen molar-refractivity contribution < 1.29 is 0 Å². The van der Waals surface area contributed by atoms with Crippen LogP contribution >= 0.6 is 11.8 Å². The number of hydrogen-bond acceptors (Lipinski definition) is 4. The van der Waals surface area contributed by atoms with Crippen molar-refractivity contribution >= 4 is 55.4 Å². The summed E-state index contributed by atoms with van der Waals surface area (Å²) in [6, 6.07) is 57.8. The summed E-state index contributed by atoms with van der Waals surface area (Å²) >= 11 is 1.85. The van der Waals surface area contributed by atoms with Crippen LogP contribution in [0.25, 0.3) is 89.2 Å². The monoisotopic (exact) mass is 669 g/mol. The molecule has 238 valence electrons. The van der Waals surface area contributed by atoms with Gasteiger partial charge >= 0.3 is 0 Å². The SMILES string of the molecule is c1ccc(-c2nc(-c3ccccc3)nc(-c3ccc4ccc(-n5c6ccccc6c6c7cccc8c7n(c65)-c5ccccc5S8)cc4c3)n2)cc1. The van der Waals surface area contributed by atoms with Crippen LogP contribution in [-0.4, -0.2) is 24.1 Å². The van der Waals surface area contributed by atoms with E-state index in [1.807, 2.05) is 72.4 Å². The van der Waals surface area contributed by atoms with Crippen molar-refractivity contribution in [3.8, 4) is 45.5 Å². The van der Waals surface area contributed by atoms with Crippen LogP contribution in [0, 0.1) is 0 Å². The first kappa shape index (κ1) is 28.3. The van der Waals surface area contributed by atoms with E-state index in [0.29, 0.717) is 17.5 Å². The fourth-order valence-corrected chi connectivity index (χ4v) is 8.73. The van der Waals surface area contributed by atoms with Gasteiger partial charge in [0.15, 0.2) is 17.5 Å². The maximum absolute atomic E-state index is 5.01. The summed E-state index contributed by atoms with van der Waals surface area (Å²) in [7, 11) is 0. The van der Waals surface area contributed by atoms with E-state index in [4.69, 9.17) is 15.0 Å². The van der Waals surface area contributed by atoms with E-state index in [1.165, 1.54) is 48.3 Å². The summed E-state index contributed by atoms with van der Waals surface area (Å²) in [4.78, 5) is 17.5. The summed E-state index contributed by atoms with van der Waals surface area (Å²) in [6.45, 7) is 0. The molecule has 10 aromatic rings. The molecule has 0 fully saturated rings. The van der Waals surface area contributed by atoms with Gasteiger partial charge in [-0.15, -0.1) is 0 Å². The zero-order valence-electron chi connectivity index (χ0n) is 27.2. The number of nitrogens with zero attached hydrogens (tertiary/aromatic N) is 5. The topological polar surface area (TPSA) is 48.5 Å². The number of aromatic nitrogens is 5. The molecule has 11 rings (SSSR count). The zero-order chi connectivity index (χ0) is 33.5. The van der Waals surface area contributed by atoms with Gasteiger partial charge in [-0.3, -0.25) is 9.13 Å². The normalized spacial score (nSPS) is 12.2. The van der Waals surface area contributed by atoms with Gasteiger partial charge in [0.1, 0.15) is 5.65 Å². The highest BCUT2D eigenvalue weighted by molar-refractivity contribution is 7.99. The Morgan fingerprint density at radius 3 is 1.84 bits per heavy atom. The molecule has 0 amide bonds. The lowest BCUT2D eigenvalue weighted by molar-refractivity contribution is 1.03. The molecule has 0 N–H and O–H groups in total. The molecule has 0 unspecified atom stereocenters. The molecule has 1 aliphatic heterocycles. The molecule has 6 heteroatoms. The van der Waals surface area contributed by atoms with Crippen LogP contribution in [0.15, 0.2) is 174 Å². The van der Waals surface area contributed by atoms with E-state index in [-0.39, 0.29) is 0 Å². The number of para-hydroxylation sites is 3. The van der Waals surface area contributed by atoms with E-state index in [1.54, 1.807) is 0 Å². The van der Waals surface area contributed by atoms with E-state index in [0.717, 1.165) is 33.2 Å². The molecule has 7 aromatic carbocycles. The van der Waals surface area contributed by atoms with E-state index in [2.05, 4.69) is 112 Å². The molecule has 5 nitrogen and oxygen atoms in total. The Bertz CT molecular complexity index is 2940. The van der Waals surface area contributed by atoms with Crippen LogP contribution in [0.5, 0.6) is 0 Å². The van der Waals surface area contributed by atoms with Crippen molar-refractivity contribution in [1.29, 1.82) is 0 Å². The Balaban J connectivity index is 1.15. The summed E-state index contributed by atoms with van der Waals surface area (Å²) in [6.07, 6.45) is 0. The standard InChI is InChI=1S/C45H27N5S/c1-3-12-29(13-4-1)42-46-43(30-14-5-2-6-15-30)48-44(47-42)31-23-22-28-24-25-33(27-32(28)26-31)49-36-18-8-7-16-34(36)40-35-17-11-21-39-41(35)50(45(40)49)37-19-9-10-20-38(37)51-39/h1-27H. The third-order valence-corrected chi connectivity index (χ3v) is 11.0. The molecular formula is C45H27N5S. The van der Waals surface area contributed by atoms with Gasteiger partial charge in [0.05, 0.1) is 16.7 Å². The fraction of sp³-hybridized carbons (Fsp3) is 0. The lowest BCUT2D eigenvalue weighted by Gasteiger charge is -2.21. The van der Waals surface area contributed by atoms with E-state index < -0.39 is 0 Å². The predicted octanol–water partition coefficient (Wildman–Crippen LogP) is 11.5. The molecule has 3 aromatic heterocycles. The summed E-state index contributed by atoms with van der Waals surface area (Å²) < 4.78 is 4.92. The van der Waals surface area contributed by atoms with Crippen LogP contribution in [0.2, 0.25) is 0 Å². The van der Waals surface area contributed by atoms with E-state index in [9.17, 15) is 0 Å². The molecular weight excluding hydrogens is 643 g/mol. The van der Waals surface area contributed by atoms with Crippen LogP contribution in [-0.2, 0) is 0 Å². The summed E-state index contributed by atoms with van der Waals surface area (Å²) in [5.41, 5.74) is 8.80. The number of rotatable bonds is 4. The second kappa shape index (κ2) is 11.0. The highest BCUT2D eigenvalue weighted by Crippen LogP contribution is 2.49. The van der Waals surface area contributed by atoms with Gasteiger partial charge < -0.3 is 0 Å². The zero-order valence-corrected chi connectivity index (χ0v) is 28.0. The van der Waals surface area contributed by atoms with Crippen molar-refractivity contribution in [2.45, 2.75) is 9.79 Å². The maximum Gasteiger partial charge on any atom is 0.164 e. The molecule has 0 aliphatic carbocycles. The van der Waals surface area contributed by atoms with Crippen LogP contribution in [0.1, 0.15) is 0 Å². The second-order valence-electron chi connectivity index (χ2n) is 12.9. The molecule has 0 bridgehead atoms.